The number of hydrogen-bond acceptors (Lipinski definition) is 2. The van der Waals surface area contributed by atoms with Crippen molar-refractivity contribution in [2.45, 2.75) is 24.4 Å². The molecule has 0 aromatic carbocycles. The van der Waals surface area contributed by atoms with E-state index >= 15 is 0 Å². The van der Waals surface area contributed by atoms with Gasteiger partial charge < -0.3 is 11.5 Å². The van der Waals surface area contributed by atoms with Crippen LogP contribution in [0.25, 0.3) is 0 Å². The zero-order valence-corrected chi connectivity index (χ0v) is 7.13. The molecule has 2 aliphatic rings. The molecule has 1 saturated carbocycles. The van der Waals surface area contributed by atoms with Crippen LogP contribution in [0.3, 0.4) is 0 Å². The highest BCUT2D eigenvalue weighted by atomic mass is 19.2. The van der Waals surface area contributed by atoms with Crippen LogP contribution in [0.1, 0.15) is 12.8 Å². The molecule has 2 atom stereocenters. The summed E-state index contributed by atoms with van der Waals surface area (Å²) in [5, 5.41) is 0. The van der Waals surface area contributed by atoms with E-state index in [4.69, 9.17) is 11.5 Å². The molecule has 2 nitrogen and oxygen atoms in total. The van der Waals surface area contributed by atoms with E-state index in [1.807, 2.05) is 0 Å². The Morgan fingerprint density at radius 3 is 2.46 bits per heavy atom. The van der Waals surface area contributed by atoms with Gasteiger partial charge in [-0.25, -0.2) is 8.78 Å². The molecular weight excluding hydrogens is 174 g/mol. The minimum atomic E-state index is -0.894. The quantitative estimate of drug-likeness (QED) is 0.645. The van der Waals surface area contributed by atoms with E-state index in [1.54, 1.807) is 0 Å². The number of hydrogen-bond donors (Lipinski definition) is 2. The predicted octanol–water partition coefficient (Wildman–Crippen LogP) is 1.14. The lowest BCUT2D eigenvalue weighted by Gasteiger charge is -2.33. The Labute approximate surface area is 75.3 Å². The first-order valence-electron chi connectivity index (χ1n) is 4.34. The number of halogens is 2. The summed E-state index contributed by atoms with van der Waals surface area (Å²) in [6, 6.07) is -0.612. The van der Waals surface area contributed by atoms with Crippen molar-refractivity contribution in [2.24, 2.45) is 17.4 Å². The van der Waals surface area contributed by atoms with E-state index in [9.17, 15) is 8.78 Å². The minimum absolute atomic E-state index is 0.206. The third-order valence-corrected chi connectivity index (χ3v) is 2.79. The van der Waals surface area contributed by atoms with Gasteiger partial charge in [0.05, 0.1) is 5.54 Å². The molecule has 1 fully saturated rings. The van der Waals surface area contributed by atoms with Gasteiger partial charge in [-0.3, -0.25) is 0 Å². The Bertz CT molecular complexity index is 294. The zero-order chi connectivity index (χ0) is 9.64. The average molecular weight is 186 g/mol. The van der Waals surface area contributed by atoms with Gasteiger partial charge in [0.2, 0.25) is 0 Å². The molecule has 4 N–H and O–H groups in total. The van der Waals surface area contributed by atoms with Gasteiger partial charge in [-0.05, 0) is 30.9 Å². The summed E-state index contributed by atoms with van der Waals surface area (Å²) >= 11 is 0. The monoisotopic (exact) mass is 186 g/mol. The zero-order valence-electron chi connectivity index (χ0n) is 7.13. The van der Waals surface area contributed by atoms with Gasteiger partial charge in [0, 0.05) is 6.04 Å². The summed E-state index contributed by atoms with van der Waals surface area (Å²) in [5.41, 5.74) is 10.7. The van der Waals surface area contributed by atoms with Crippen LogP contribution in [-0.2, 0) is 0 Å². The fraction of sp³-hybridized carbons (Fsp3) is 0.556. The summed E-state index contributed by atoms with van der Waals surface area (Å²) in [4.78, 5) is 0. The van der Waals surface area contributed by atoms with Gasteiger partial charge in [-0.1, -0.05) is 0 Å². The lowest BCUT2D eigenvalue weighted by Crippen LogP contribution is -2.56. The Hall–Kier alpha value is -0.740. The molecule has 0 spiro atoms. The maximum atomic E-state index is 12.9. The van der Waals surface area contributed by atoms with Gasteiger partial charge in [-0.2, -0.15) is 0 Å². The topological polar surface area (TPSA) is 52.0 Å². The summed E-state index contributed by atoms with van der Waals surface area (Å²) in [5.74, 6) is -1.57. The van der Waals surface area contributed by atoms with Crippen LogP contribution in [0, 0.1) is 5.92 Å². The summed E-state index contributed by atoms with van der Waals surface area (Å²) in [7, 11) is 0. The van der Waals surface area contributed by atoms with Crippen LogP contribution in [0.2, 0.25) is 0 Å². The van der Waals surface area contributed by atoms with E-state index in [2.05, 4.69) is 0 Å². The van der Waals surface area contributed by atoms with Crippen LogP contribution in [0.5, 0.6) is 0 Å². The van der Waals surface area contributed by atoms with Crippen LogP contribution in [-0.4, -0.2) is 11.6 Å². The third-order valence-electron chi connectivity index (χ3n) is 2.79. The van der Waals surface area contributed by atoms with Crippen LogP contribution < -0.4 is 11.5 Å². The first-order valence-corrected chi connectivity index (χ1v) is 4.34. The molecule has 72 valence electrons. The van der Waals surface area contributed by atoms with Crippen molar-refractivity contribution in [3.8, 4) is 0 Å². The van der Waals surface area contributed by atoms with Crippen molar-refractivity contribution >= 4 is 0 Å². The predicted molar refractivity (Wildman–Crippen MR) is 46.0 cm³/mol. The number of allylic oxidation sites excluding steroid dienone is 2. The van der Waals surface area contributed by atoms with E-state index in [0.717, 1.165) is 25.0 Å². The van der Waals surface area contributed by atoms with Crippen LogP contribution in [0.15, 0.2) is 23.8 Å². The second-order valence-corrected chi connectivity index (χ2v) is 3.81. The molecule has 2 unspecified atom stereocenters. The molecule has 0 aromatic rings. The van der Waals surface area contributed by atoms with Crippen LogP contribution >= 0.6 is 0 Å². The highest BCUT2D eigenvalue weighted by molar-refractivity contribution is 5.36. The van der Waals surface area contributed by atoms with Gasteiger partial charge in [0.1, 0.15) is 0 Å². The van der Waals surface area contributed by atoms with Crippen molar-refractivity contribution in [2.75, 3.05) is 0 Å². The molecule has 0 aliphatic heterocycles. The Kier molecular flexibility index (Phi) is 1.78. The molecule has 13 heavy (non-hydrogen) atoms. The molecule has 2 aliphatic carbocycles. The second kappa shape index (κ2) is 2.62. The SMILES string of the molecule is NC1C=C(F)C(F)=CC1(N)C1CC1. The maximum Gasteiger partial charge on any atom is 0.156 e. The molecule has 0 amide bonds. The minimum Gasteiger partial charge on any atom is -0.323 e. The van der Waals surface area contributed by atoms with E-state index in [-0.39, 0.29) is 5.92 Å². The molecule has 0 aromatic heterocycles. The second-order valence-electron chi connectivity index (χ2n) is 3.81. The fourth-order valence-electron chi connectivity index (χ4n) is 1.74. The molecule has 0 bridgehead atoms. The van der Waals surface area contributed by atoms with Gasteiger partial charge >= 0.3 is 0 Å². The average Bonchev–Trinajstić information content (AvgIpc) is 2.83. The highest BCUT2D eigenvalue weighted by Crippen LogP contribution is 2.43. The summed E-state index contributed by atoms with van der Waals surface area (Å²) in [6.07, 6.45) is 4.09. The lowest BCUT2D eigenvalue weighted by atomic mass is 9.82. The Morgan fingerprint density at radius 2 is 1.92 bits per heavy atom. The molecule has 2 rings (SSSR count). The maximum absolute atomic E-state index is 12.9. The Morgan fingerprint density at radius 1 is 1.31 bits per heavy atom. The largest absolute Gasteiger partial charge is 0.323 e. The summed E-state index contributed by atoms with van der Waals surface area (Å²) < 4.78 is 25.7. The van der Waals surface area contributed by atoms with Crippen molar-refractivity contribution in [1.29, 1.82) is 0 Å². The van der Waals surface area contributed by atoms with E-state index in [1.165, 1.54) is 0 Å². The number of nitrogens with two attached hydrogens (primary N) is 2. The standard InChI is InChI=1S/C9H12F2N2/c10-6-3-8(12)9(13,4-7(6)11)5-1-2-5/h3-5,8H,1-2,12-13H2. The normalized spacial score (nSPS) is 39.8. The van der Waals surface area contributed by atoms with E-state index < -0.39 is 23.2 Å². The molecule has 0 heterocycles. The van der Waals surface area contributed by atoms with Crippen molar-refractivity contribution < 1.29 is 8.78 Å². The van der Waals surface area contributed by atoms with Crippen molar-refractivity contribution in [3.63, 3.8) is 0 Å². The van der Waals surface area contributed by atoms with Crippen LogP contribution in [0.4, 0.5) is 8.78 Å². The highest BCUT2D eigenvalue weighted by Gasteiger charge is 2.46. The molecule has 0 radical (unpaired) electrons. The molecule has 0 saturated heterocycles. The smallest absolute Gasteiger partial charge is 0.156 e. The fourth-order valence-corrected chi connectivity index (χ4v) is 1.74. The van der Waals surface area contributed by atoms with Gasteiger partial charge in [-0.15, -0.1) is 0 Å². The first kappa shape index (κ1) is 8.84. The van der Waals surface area contributed by atoms with Gasteiger partial charge in [0.25, 0.3) is 0 Å². The van der Waals surface area contributed by atoms with Crippen molar-refractivity contribution in [1.82, 2.24) is 0 Å². The lowest BCUT2D eigenvalue weighted by molar-refractivity contribution is 0.382. The summed E-state index contributed by atoms with van der Waals surface area (Å²) in [6.45, 7) is 0. The molecule has 4 heteroatoms. The van der Waals surface area contributed by atoms with Gasteiger partial charge in [0.15, 0.2) is 11.7 Å². The van der Waals surface area contributed by atoms with Crippen molar-refractivity contribution in [3.05, 3.63) is 23.8 Å². The third kappa shape index (κ3) is 1.30. The number of rotatable bonds is 1. The first-order chi connectivity index (χ1) is 6.04. The Balaban J connectivity index is 2.31. The van der Waals surface area contributed by atoms with E-state index in [0.29, 0.717) is 0 Å². The molecular formula is C9H12F2N2.